The van der Waals surface area contributed by atoms with Crippen LogP contribution in [-0.2, 0) is 9.47 Å². The zero-order chi connectivity index (χ0) is 15.4. The van der Waals surface area contributed by atoms with Crippen molar-refractivity contribution in [3.05, 3.63) is 21.6 Å². The molecule has 22 heavy (non-hydrogen) atoms. The van der Waals surface area contributed by atoms with Crippen molar-refractivity contribution in [3.8, 4) is 0 Å². The van der Waals surface area contributed by atoms with E-state index < -0.39 is 0 Å². The van der Waals surface area contributed by atoms with Crippen molar-refractivity contribution < 1.29 is 9.47 Å². The predicted molar refractivity (Wildman–Crippen MR) is 83.5 cm³/mol. The van der Waals surface area contributed by atoms with Crippen LogP contribution in [0.15, 0.2) is 11.0 Å². The monoisotopic (exact) mass is 328 g/mol. The quantitative estimate of drug-likeness (QED) is 0.823. The maximum atomic E-state index is 11.5. The van der Waals surface area contributed by atoms with E-state index in [1.54, 1.807) is 6.20 Å². The Morgan fingerprint density at radius 3 is 2.95 bits per heavy atom. The van der Waals surface area contributed by atoms with Crippen LogP contribution in [0, 0.1) is 5.92 Å². The van der Waals surface area contributed by atoms with E-state index in [4.69, 9.17) is 21.1 Å². The SMILES string of the molecule is O=c1[nH]ncc(NC[C@H]([C@H]2CCOC2)N2CCOCC2)c1Cl. The largest absolute Gasteiger partial charge is 0.381 e. The molecule has 0 aliphatic carbocycles. The molecular weight excluding hydrogens is 308 g/mol. The molecule has 1 aromatic rings. The molecule has 2 aliphatic heterocycles. The highest BCUT2D eigenvalue weighted by Crippen LogP contribution is 2.23. The van der Waals surface area contributed by atoms with Gasteiger partial charge in [0.1, 0.15) is 5.02 Å². The number of rotatable bonds is 5. The van der Waals surface area contributed by atoms with Crippen LogP contribution in [0.1, 0.15) is 6.42 Å². The summed E-state index contributed by atoms with van der Waals surface area (Å²) in [5.74, 6) is 0.485. The molecule has 0 amide bonds. The lowest BCUT2D eigenvalue weighted by molar-refractivity contribution is 0.00461. The molecule has 0 radical (unpaired) electrons. The van der Waals surface area contributed by atoms with Gasteiger partial charge in [-0.2, -0.15) is 5.10 Å². The number of morpholine rings is 1. The van der Waals surface area contributed by atoms with E-state index in [1.807, 2.05) is 0 Å². The molecule has 7 nitrogen and oxygen atoms in total. The number of aromatic amines is 1. The second kappa shape index (κ2) is 7.41. The number of halogens is 1. The molecule has 8 heteroatoms. The Hall–Kier alpha value is -1.15. The summed E-state index contributed by atoms with van der Waals surface area (Å²) in [6, 6.07) is 0.335. The number of aromatic nitrogens is 2. The normalized spacial score (nSPS) is 24.3. The third-order valence-corrected chi connectivity index (χ3v) is 4.70. The van der Waals surface area contributed by atoms with Crippen molar-refractivity contribution in [2.45, 2.75) is 12.5 Å². The van der Waals surface area contributed by atoms with Crippen LogP contribution in [0.3, 0.4) is 0 Å². The van der Waals surface area contributed by atoms with Crippen LogP contribution in [0.25, 0.3) is 0 Å². The molecule has 0 bridgehead atoms. The summed E-state index contributed by atoms with van der Waals surface area (Å²) in [4.78, 5) is 13.9. The van der Waals surface area contributed by atoms with Crippen molar-refractivity contribution in [2.24, 2.45) is 5.92 Å². The Balaban J connectivity index is 1.69. The van der Waals surface area contributed by atoms with Crippen LogP contribution in [-0.4, -0.2) is 67.2 Å². The summed E-state index contributed by atoms with van der Waals surface area (Å²) in [5, 5.41) is 9.54. The van der Waals surface area contributed by atoms with Crippen molar-refractivity contribution >= 4 is 17.3 Å². The zero-order valence-electron chi connectivity index (χ0n) is 12.4. The minimum absolute atomic E-state index is 0.151. The standard InChI is InChI=1S/C14H21ClN4O3/c15-13-11(7-17-18-14(13)20)16-8-12(10-1-4-22-9-10)19-2-5-21-6-3-19/h7,10,12H,1-6,8-9H2,(H2,16,18,20)/t10-,12+/m0/s1. The van der Waals surface area contributed by atoms with Gasteiger partial charge in [-0.15, -0.1) is 0 Å². The van der Waals surface area contributed by atoms with E-state index in [9.17, 15) is 4.79 Å². The molecule has 2 atom stereocenters. The summed E-state index contributed by atoms with van der Waals surface area (Å²) in [6.07, 6.45) is 2.61. The summed E-state index contributed by atoms with van der Waals surface area (Å²) in [6.45, 7) is 5.67. The van der Waals surface area contributed by atoms with E-state index in [0.717, 1.165) is 45.9 Å². The highest BCUT2D eigenvalue weighted by molar-refractivity contribution is 6.32. The van der Waals surface area contributed by atoms with Gasteiger partial charge in [0.2, 0.25) is 0 Å². The zero-order valence-corrected chi connectivity index (χ0v) is 13.1. The summed E-state index contributed by atoms with van der Waals surface area (Å²) >= 11 is 6.02. The molecule has 2 saturated heterocycles. The summed E-state index contributed by atoms with van der Waals surface area (Å²) in [5.41, 5.74) is 0.196. The molecular formula is C14H21ClN4O3. The summed E-state index contributed by atoms with van der Waals surface area (Å²) in [7, 11) is 0. The Bertz CT molecular complexity index is 541. The molecule has 0 spiro atoms. The Kier molecular flexibility index (Phi) is 5.30. The summed E-state index contributed by atoms with van der Waals surface area (Å²) < 4.78 is 11.0. The van der Waals surface area contributed by atoms with Crippen molar-refractivity contribution in [2.75, 3.05) is 51.4 Å². The molecule has 3 rings (SSSR count). The average Bonchev–Trinajstić information content (AvgIpc) is 3.07. The number of nitrogens with zero attached hydrogens (tertiary/aromatic N) is 2. The van der Waals surface area contributed by atoms with Crippen LogP contribution in [0.4, 0.5) is 5.69 Å². The molecule has 2 N–H and O–H groups in total. The number of hydrogen-bond donors (Lipinski definition) is 2. The van der Waals surface area contributed by atoms with Gasteiger partial charge in [-0.1, -0.05) is 11.6 Å². The minimum atomic E-state index is -0.376. The van der Waals surface area contributed by atoms with E-state index in [0.29, 0.717) is 24.2 Å². The maximum absolute atomic E-state index is 11.5. The van der Waals surface area contributed by atoms with Gasteiger partial charge in [-0.3, -0.25) is 9.69 Å². The fraction of sp³-hybridized carbons (Fsp3) is 0.714. The number of nitrogens with one attached hydrogen (secondary N) is 2. The predicted octanol–water partition coefficient (Wildman–Crippen LogP) is 0.573. The van der Waals surface area contributed by atoms with Crippen LogP contribution in [0.5, 0.6) is 0 Å². The Morgan fingerprint density at radius 1 is 1.41 bits per heavy atom. The third kappa shape index (κ3) is 3.60. The number of ether oxygens (including phenoxy) is 2. The van der Waals surface area contributed by atoms with Gasteiger partial charge in [-0.25, -0.2) is 5.10 Å². The van der Waals surface area contributed by atoms with Crippen molar-refractivity contribution in [3.63, 3.8) is 0 Å². The van der Waals surface area contributed by atoms with Gasteiger partial charge < -0.3 is 14.8 Å². The van der Waals surface area contributed by atoms with E-state index in [-0.39, 0.29) is 10.6 Å². The Morgan fingerprint density at radius 2 is 2.23 bits per heavy atom. The van der Waals surface area contributed by atoms with Gasteiger partial charge in [0.25, 0.3) is 5.56 Å². The number of H-pyrrole nitrogens is 1. The number of hydrogen-bond acceptors (Lipinski definition) is 6. The fourth-order valence-electron chi connectivity index (χ4n) is 3.08. The van der Waals surface area contributed by atoms with Gasteiger partial charge in [0.15, 0.2) is 0 Å². The van der Waals surface area contributed by atoms with Crippen molar-refractivity contribution in [1.82, 2.24) is 15.1 Å². The van der Waals surface area contributed by atoms with E-state index in [1.165, 1.54) is 0 Å². The molecule has 1 aromatic heterocycles. The minimum Gasteiger partial charge on any atom is -0.381 e. The first-order valence-corrected chi connectivity index (χ1v) is 8.00. The fourth-order valence-corrected chi connectivity index (χ4v) is 3.24. The lowest BCUT2D eigenvalue weighted by Crippen LogP contribution is -2.50. The van der Waals surface area contributed by atoms with Gasteiger partial charge in [0.05, 0.1) is 31.7 Å². The first-order chi connectivity index (χ1) is 10.8. The molecule has 2 aliphatic rings. The second-order valence-corrected chi connectivity index (χ2v) is 6.03. The lowest BCUT2D eigenvalue weighted by atomic mass is 9.97. The van der Waals surface area contributed by atoms with Gasteiger partial charge >= 0.3 is 0 Å². The number of anilines is 1. The smallest absolute Gasteiger partial charge is 0.285 e. The molecule has 3 heterocycles. The Labute approximate surface area is 133 Å². The molecule has 2 fully saturated rings. The van der Waals surface area contributed by atoms with Crippen LogP contribution < -0.4 is 10.9 Å². The molecule has 0 unspecified atom stereocenters. The van der Waals surface area contributed by atoms with Crippen LogP contribution in [0.2, 0.25) is 5.02 Å². The molecule has 122 valence electrons. The topological polar surface area (TPSA) is 79.5 Å². The highest BCUT2D eigenvalue weighted by atomic mass is 35.5. The second-order valence-electron chi connectivity index (χ2n) is 5.65. The molecule has 0 aromatic carbocycles. The van der Waals surface area contributed by atoms with Crippen LogP contribution >= 0.6 is 11.6 Å². The van der Waals surface area contributed by atoms with Gasteiger partial charge in [-0.05, 0) is 6.42 Å². The van der Waals surface area contributed by atoms with Gasteiger partial charge in [0, 0.05) is 38.2 Å². The lowest BCUT2D eigenvalue weighted by Gasteiger charge is -2.37. The van der Waals surface area contributed by atoms with Crippen molar-refractivity contribution in [1.29, 1.82) is 0 Å². The third-order valence-electron chi connectivity index (χ3n) is 4.32. The first-order valence-electron chi connectivity index (χ1n) is 7.62. The average molecular weight is 329 g/mol. The van der Waals surface area contributed by atoms with E-state index >= 15 is 0 Å². The molecule has 0 saturated carbocycles. The first kappa shape index (κ1) is 15.7. The van der Waals surface area contributed by atoms with E-state index in [2.05, 4.69) is 20.4 Å². The highest BCUT2D eigenvalue weighted by Gasteiger charge is 2.31. The maximum Gasteiger partial charge on any atom is 0.285 e.